The summed E-state index contributed by atoms with van der Waals surface area (Å²) in [7, 11) is 2.80. The Balaban J connectivity index is 1.71. The van der Waals surface area contributed by atoms with E-state index in [-0.39, 0.29) is 30.9 Å². The van der Waals surface area contributed by atoms with E-state index in [1.807, 2.05) is 13.0 Å². The molecule has 0 radical (unpaired) electrons. The molecule has 1 fully saturated rings. The van der Waals surface area contributed by atoms with Crippen LogP contribution in [0, 0.1) is 24.6 Å². The molecule has 1 amide bonds. The monoisotopic (exact) mass is 661 g/mol. The fraction of sp³-hybridized carbons (Fsp3) is 0.471. The van der Waals surface area contributed by atoms with Gasteiger partial charge in [-0.25, -0.2) is 14.2 Å². The average Bonchev–Trinajstić information content (AvgIpc) is 3.01. The second kappa shape index (κ2) is 15.7. The number of aromatic carboxylic acids is 1. The average molecular weight is 662 g/mol. The quantitative estimate of drug-likeness (QED) is 0.194. The van der Waals surface area contributed by atoms with Crippen molar-refractivity contribution in [2.24, 2.45) is 11.8 Å². The first kappa shape index (κ1) is 35.7. The normalized spacial score (nSPS) is 16.7. The van der Waals surface area contributed by atoms with Crippen LogP contribution in [0.3, 0.4) is 0 Å². The number of methoxy groups -OCH3 is 2. The number of aromatic nitrogens is 2. The third kappa shape index (κ3) is 9.04. The highest BCUT2D eigenvalue weighted by Gasteiger charge is 2.38. The second-order valence-electron chi connectivity index (χ2n) is 11.9. The van der Waals surface area contributed by atoms with Gasteiger partial charge in [-0.05, 0) is 75.1 Å². The summed E-state index contributed by atoms with van der Waals surface area (Å²) < 4.78 is 74.1. The Morgan fingerprint density at radius 3 is 2.32 bits per heavy atom. The Morgan fingerprint density at radius 1 is 1.04 bits per heavy atom. The van der Waals surface area contributed by atoms with Crippen molar-refractivity contribution >= 4 is 17.6 Å². The zero-order chi connectivity index (χ0) is 34.3. The van der Waals surface area contributed by atoms with Gasteiger partial charge in [0.1, 0.15) is 5.56 Å². The molecule has 1 aromatic carbocycles. The van der Waals surface area contributed by atoms with Crippen LogP contribution >= 0.6 is 0 Å². The molecule has 0 atom stereocenters. The predicted molar refractivity (Wildman–Crippen MR) is 165 cm³/mol. The first-order valence-electron chi connectivity index (χ1n) is 15.4. The Hall–Kier alpha value is -4.10. The molecule has 0 bridgehead atoms. The Kier molecular flexibility index (Phi) is 11.9. The first-order chi connectivity index (χ1) is 22.3. The number of hydrogen-bond donors (Lipinski definition) is 1. The van der Waals surface area contributed by atoms with Gasteiger partial charge in [-0.2, -0.15) is 13.2 Å². The Morgan fingerprint density at radius 2 is 1.72 bits per heavy atom. The standard InChI is InChI=1S/C34H39F4N3O6/c1-20-8-11-23(12-9-20)32(42)41(25(18-45-3)19-46-4)29-16-28(35)30(15-26(29)33(43)44)47-31-27(34(36,37)38)14-22(17-39-31)10-13-24-7-5-6-21(2)40-24/h5-7,14-17,20,23,25H,8-13,18-19H2,1-4H3,(H,43,44). The Bertz CT molecular complexity index is 1550. The molecule has 0 saturated heterocycles. The minimum atomic E-state index is -4.92. The SMILES string of the molecule is COCC(COC)N(C(=O)C1CCC(C)CC1)c1cc(F)c(Oc2ncc(CCc3cccc(C)n3)cc2C(F)(F)F)cc1C(=O)O. The molecule has 0 aliphatic heterocycles. The zero-order valence-electron chi connectivity index (χ0n) is 26.8. The maximum atomic E-state index is 15.7. The molecule has 0 spiro atoms. The zero-order valence-corrected chi connectivity index (χ0v) is 26.8. The highest BCUT2D eigenvalue weighted by molar-refractivity contribution is 6.03. The van der Waals surface area contributed by atoms with Crippen LogP contribution in [0.15, 0.2) is 42.6 Å². The van der Waals surface area contributed by atoms with E-state index in [4.69, 9.17) is 14.2 Å². The van der Waals surface area contributed by atoms with Gasteiger partial charge in [0.05, 0.1) is 30.5 Å². The highest BCUT2D eigenvalue weighted by atomic mass is 19.4. The molecule has 254 valence electrons. The number of amides is 1. The predicted octanol–water partition coefficient (Wildman–Crippen LogP) is 7.04. The summed E-state index contributed by atoms with van der Waals surface area (Å²) in [6, 6.07) is 7.00. The number of halogens is 4. The molecule has 1 saturated carbocycles. The lowest BCUT2D eigenvalue weighted by molar-refractivity contribution is -0.139. The van der Waals surface area contributed by atoms with Gasteiger partial charge in [0.2, 0.25) is 11.8 Å². The van der Waals surface area contributed by atoms with Gasteiger partial charge in [0, 0.05) is 49.9 Å². The number of carboxylic acids is 1. The molecule has 47 heavy (non-hydrogen) atoms. The van der Waals surface area contributed by atoms with Gasteiger partial charge >= 0.3 is 12.1 Å². The lowest BCUT2D eigenvalue weighted by atomic mass is 9.82. The van der Waals surface area contributed by atoms with Crippen LogP contribution in [-0.2, 0) is 33.3 Å². The number of anilines is 1. The van der Waals surface area contributed by atoms with Gasteiger partial charge in [-0.15, -0.1) is 0 Å². The molecular weight excluding hydrogens is 622 g/mol. The lowest BCUT2D eigenvalue weighted by Crippen LogP contribution is -2.49. The topological polar surface area (TPSA) is 111 Å². The van der Waals surface area contributed by atoms with E-state index in [1.165, 1.54) is 25.3 Å². The molecule has 2 aromatic heterocycles. The number of aryl methyl sites for hydroxylation is 3. The van der Waals surface area contributed by atoms with E-state index < -0.39 is 58.6 Å². The molecular formula is C34H39F4N3O6. The van der Waals surface area contributed by atoms with Gasteiger partial charge in [0.25, 0.3) is 0 Å². The molecule has 13 heteroatoms. The van der Waals surface area contributed by atoms with Crippen LogP contribution in [0.25, 0.3) is 0 Å². The summed E-state index contributed by atoms with van der Waals surface area (Å²) in [5, 5.41) is 10.2. The van der Waals surface area contributed by atoms with Gasteiger partial charge < -0.3 is 24.2 Å². The van der Waals surface area contributed by atoms with Crippen LogP contribution in [-0.4, -0.2) is 60.4 Å². The van der Waals surface area contributed by atoms with Crippen molar-refractivity contribution in [1.29, 1.82) is 0 Å². The fourth-order valence-electron chi connectivity index (χ4n) is 5.80. The number of carboxylic acid groups (broad SMARTS) is 1. The maximum Gasteiger partial charge on any atom is 0.421 e. The van der Waals surface area contributed by atoms with Crippen LogP contribution in [0.1, 0.15) is 65.5 Å². The number of carbonyl (C=O) groups is 2. The van der Waals surface area contributed by atoms with E-state index in [9.17, 15) is 27.9 Å². The number of ether oxygens (including phenoxy) is 3. The summed E-state index contributed by atoms with van der Waals surface area (Å²) >= 11 is 0. The van der Waals surface area contributed by atoms with E-state index in [1.54, 1.807) is 12.1 Å². The van der Waals surface area contributed by atoms with Crippen molar-refractivity contribution in [3.05, 3.63) is 76.5 Å². The van der Waals surface area contributed by atoms with Crippen molar-refractivity contribution < 1.29 is 46.5 Å². The summed E-state index contributed by atoms with van der Waals surface area (Å²) in [6.45, 7) is 3.80. The number of nitrogens with zero attached hydrogens (tertiary/aromatic N) is 3. The molecule has 1 aliphatic carbocycles. The molecule has 0 unspecified atom stereocenters. The van der Waals surface area contributed by atoms with Gasteiger partial charge in [-0.1, -0.05) is 13.0 Å². The van der Waals surface area contributed by atoms with Crippen molar-refractivity contribution in [3.8, 4) is 11.6 Å². The van der Waals surface area contributed by atoms with E-state index >= 15 is 4.39 Å². The van der Waals surface area contributed by atoms with Crippen LogP contribution < -0.4 is 9.64 Å². The van der Waals surface area contributed by atoms with Crippen molar-refractivity contribution in [3.63, 3.8) is 0 Å². The summed E-state index contributed by atoms with van der Waals surface area (Å²) in [5.41, 5.74) is -0.356. The first-order valence-corrected chi connectivity index (χ1v) is 15.4. The molecule has 1 N–H and O–H groups in total. The number of carbonyl (C=O) groups excluding carboxylic acids is 1. The van der Waals surface area contributed by atoms with E-state index in [0.29, 0.717) is 30.9 Å². The molecule has 3 aromatic rings. The number of pyridine rings is 2. The summed E-state index contributed by atoms with van der Waals surface area (Å²) in [4.78, 5) is 35.8. The third-order valence-corrected chi connectivity index (χ3v) is 8.26. The van der Waals surface area contributed by atoms with Crippen LogP contribution in [0.4, 0.5) is 23.2 Å². The maximum absolute atomic E-state index is 15.7. The minimum absolute atomic E-state index is 0.0488. The van der Waals surface area contributed by atoms with Crippen molar-refractivity contribution in [1.82, 2.24) is 9.97 Å². The number of benzene rings is 1. The Labute approximate surface area is 270 Å². The number of hydrogen-bond acceptors (Lipinski definition) is 7. The van der Waals surface area contributed by atoms with Crippen molar-refractivity contribution in [2.45, 2.75) is 64.6 Å². The summed E-state index contributed by atoms with van der Waals surface area (Å²) in [5.74, 6) is -4.89. The van der Waals surface area contributed by atoms with Gasteiger partial charge in [0.15, 0.2) is 11.6 Å². The molecule has 1 aliphatic rings. The summed E-state index contributed by atoms with van der Waals surface area (Å²) in [6.07, 6.45) is -0.430. The van der Waals surface area contributed by atoms with Crippen LogP contribution in [0.2, 0.25) is 0 Å². The smallest absolute Gasteiger partial charge is 0.421 e. The number of rotatable bonds is 13. The van der Waals surface area contributed by atoms with E-state index in [2.05, 4.69) is 16.9 Å². The minimum Gasteiger partial charge on any atom is -0.478 e. The van der Waals surface area contributed by atoms with Crippen LogP contribution in [0.5, 0.6) is 11.6 Å². The highest BCUT2D eigenvalue weighted by Crippen LogP contribution is 2.40. The lowest BCUT2D eigenvalue weighted by Gasteiger charge is -2.36. The third-order valence-electron chi connectivity index (χ3n) is 8.26. The molecule has 9 nitrogen and oxygen atoms in total. The van der Waals surface area contributed by atoms with E-state index in [0.717, 1.165) is 36.7 Å². The fourth-order valence-corrected chi connectivity index (χ4v) is 5.80. The number of alkyl halides is 3. The molecule has 4 rings (SSSR count). The molecule has 2 heterocycles. The van der Waals surface area contributed by atoms with Crippen molar-refractivity contribution in [2.75, 3.05) is 32.3 Å². The van der Waals surface area contributed by atoms with Gasteiger partial charge in [-0.3, -0.25) is 9.78 Å². The largest absolute Gasteiger partial charge is 0.478 e. The second-order valence-corrected chi connectivity index (χ2v) is 11.9.